The lowest BCUT2D eigenvalue weighted by Gasteiger charge is -2.36. The van der Waals surface area contributed by atoms with Crippen LogP contribution in [0.25, 0.3) is 32.6 Å². The standard InChI is InChI=1S/C22H21N/c1-4-23-20-8-6-5-7-16(20)18-12-10-17-19(22(18)23)11-9-15-13(2)14(3)21(15)17/h5-14H,4H2,1-3H3/t13-,14+/m1/s1. The molecule has 0 fully saturated rings. The Morgan fingerprint density at radius 3 is 2.30 bits per heavy atom. The van der Waals surface area contributed by atoms with Crippen molar-refractivity contribution in [1.82, 2.24) is 4.57 Å². The van der Waals surface area contributed by atoms with E-state index >= 15 is 0 Å². The van der Waals surface area contributed by atoms with Gasteiger partial charge in [-0.25, -0.2) is 0 Å². The third-order valence-electron chi connectivity index (χ3n) is 6.01. The van der Waals surface area contributed by atoms with Crippen molar-refractivity contribution >= 4 is 32.6 Å². The van der Waals surface area contributed by atoms with Gasteiger partial charge in [-0.2, -0.15) is 0 Å². The summed E-state index contributed by atoms with van der Waals surface area (Å²) >= 11 is 0. The van der Waals surface area contributed by atoms with Crippen LogP contribution in [0.3, 0.4) is 0 Å². The van der Waals surface area contributed by atoms with Crippen molar-refractivity contribution in [3.63, 3.8) is 0 Å². The summed E-state index contributed by atoms with van der Waals surface area (Å²) in [6.45, 7) is 7.97. The van der Waals surface area contributed by atoms with Crippen molar-refractivity contribution in [1.29, 1.82) is 0 Å². The fourth-order valence-electron chi connectivity index (χ4n) is 4.65. The molecule has 0 radical (unpaired) electrons. The second-order valence-electron chi connectivity index (χ2n) is 6.96. The highest BCUT2D eigenvalue weighted by Crippen LogP contribution is 2.50. The lowest BCUT2D eigenvalue weighted by Crippen LogP contribution is -2.19. The summed E-state index contributed by atoms with van der Waals surface area (Å²) in [6, 6.07) is 18.2. The van der Waals surface area contributed by atoms with E-state index in [1.165, 1.54) is 32.6 Å². The lowest BCUT2D eigenvalue weighted by molar-refractivity contribution is 0.548. The molecule has 1 aromatic heterocycles. The molecule has 1 heteroatoms. The van der Waals surface area contributed by atoms with E-state index in [-0.39, 0.29) is 0 Å². The van der Waals surface area contributed by atoms with Gasteiger partial charge in [-0.15, -0.1) is 0 Å². The van der Waals surface area contributed by atoms with Crippen LogP contribution in [-0.4, -0.2) is 4.57 Å². The van der Waals surface area contributed by atoms with Crippen molar-refractivity contribution < 1.29 is 0 Å². The van der Waals surface area contributed by atoms with E-state index in [9.17, 15) is 0 Å². The minimum Gasteiger partial charge on any atom is -0.340 e. The summed E-state index contributed by atoms with van der Waals surface area (Å²) in [4.78, 5) is 0. The van der Waals surface area contributed by atoms with Gasteiger partial charge in [-0.1, -0.05) is 56.3 Å². The molecular weight excluding hydrogens is 278 g/mol. The van der Waals surface area contributed by atoms with Gasteiger partial charge in [0.15, 0.2) is 0 Å². The van der Waals surface area contributed by atoms with Crippen LogP contribution in [0.5, 0.6) is 0 Å². The van der Waals surface area contributed by atoms with E-state index in [0.717, 1.165) is 6.54 Å². The molecule has 0 bridgehead atoms. The summed E-state index contributed by atoms with van der Waals surface area (Å²) in [7, 11) is 0. The topological polar surface area (TPSA) is 4.93 Å². The number of para-hydroxylation sites is 1. The molecule has 1 aliphatic carbocycles. The Balaban J connectivity index is 2.01. The van der Waals surface area contributed by atoms with Crippen molar-refractivity contribution in [2.45, 2.75) is 39.2 Å². The molecule has 1 heterocycles. The zero-order valence-electron chi connectivity index (χ0n) is 13.9. The minimum absolute atomic E-state index is 0.672. The van der Waals surface area contributed by atoms with Gasteiger partial charge in [0.25, 0.3) is 0 Å². The molecule has 3 aromatic carbocycles. The SMILES string of the molecule is CCn1c2ccccc2c2ccc3c4c(ccc3c21)[C@H](C)[C@@H]4C. The summed E-state index contributed by atoms with van der Waals surface area (Å²) in [5, 5.41) is 5.63. The lowest BCUT2D eigenvalue weighted by atomic mass is 9.68. The fourth-order valence-corrected chi connectivity index (χ4v) is 4.65. The highest BCUT2D eigenvalue weighted by Gasteiger charge is 2.32. The van der Waals surface area contributed by atoms with Crippen LogP contribution in [0.1, 0.15) is 43.7 Å². The van der Waals surface area contributed by atoms with Crippen molar-refractivity contribution in [2.75, 3.05) is 0 Å². The number of hydrogen-bond donors (Lipinski definition) is 0. The average Bonchev–Trinajstić information content (AvgIpc) is 2.93. The monoisotopic (exact) mass is 299 g/mol. The molecule has 0 spiro atoms. The van der Waals surface area contributed by atoms with Crippen LogP contribution in [0, 0.1) is 0 Å². The number of rotatable bonds is 1. The Morgan fingerprint density at radius 2 is 1.48 bits per heavy atom. The van der Waals surface area contributed by atoms with Gasteiger partial charge in [0.1, 0.15) is 0 Å². The molecule has 0 unspecified atom stereocenters. The van der Waals surface area contributed by atoms with Gasteiger partial charge in [0, 0.05) is 28.2 Å². The number of fused-ring (bicyclic) bond motifs is 7. The molecule has 114 valence electrons. The molecule has 23 heavy (non-hydrogen) atoms. The molecule has 0 aliphatic heterocycles. The highest BCUT2D eigenvalue weighted by molar-refractivity contribution is 6.18. The number of nitrogens with zero attached hydrogens (tertiary/aromatic N) is 1. The quantitative estimate of drug-likeness (QED) is 0.395. The van der Waals surface area contributed by atoms with Crippen LogP contribution in [0.2, 0.25) is 0 Å². The predicted molar refractivity (Wildman–Crippen MR) is 99.5 cm³/mol. The number of benzene rings is 3. The molecule has 2 atom stereocenters. The Labute approximate surface area is 136 Å². The molecular formula is C22H21N. The van der Waals surface area contributed by atoms with Gasteiger partial charge in [0.05, 0.1) is 5.52 Å². The van der Waals surface area contributed by atoms with Crippen LogP contribution < -0.4 is 0 Å². The second kappa shape index (κ2) is 4.38. The van der Waals surface area contributed by atoms with E-state index < -0.39 is 0 Å². The van der Waals surface area contributed by atoms with Crippen molar-refractivity contribution in [3.8, 4) is 0 Å². The maximum atomic E-state index is 2.48. The van der Waals surface area contributed by atoms with Gasteiger partial charge in [-0.3, -0.25) is 0 Å². The second-order valence-corrected chi connectivity index (χ2v) is 6.96. The third kappa shape index (κ3) is 1.48. The first-order chi connectivity index (χ1) is 11.2. The van der Waals surface area contributed by atoms with Crippen molar-refractivity contribution in [2.24, 2.45) is 0 Å². The summed E-state index contributed by atoms with van der Waals surface area (Å²) < 4.78 is 2.48. The summed E-state index contributed by atoms with van der Waals surface area (Å²) in [5.74, 6) is 1.37. The zero-order chi connectivity index (χ0) is 15.7. The van der Waals surface area contributed by atoms with E-state index in [1.807, 2.05) is 0 Å². The smallest absolute Gasteiger partial charge is 0.0571 e. The molecule has 0 saturated carbocycles. The number of hydrogen-bond acceptors (Lipinski definition) is 0. The number of aromatic nitrogens is 1. The largest absolute Gasteiger partial charge is 0.340 e. The molecule has 0 saturated heterocycles. The van der Waals surface area contributed by atoms with E-state index in [1.54, 1.807) is 11.1 Å². The zero-order valence-corrected chi connectivity index (χ0v) is 13.9. The van der Waals surface area contributed by atoms with Crippen LogP contribution in [-0.2, 0) is 6.54 Å². The first-order valence-electron chi connectivity index (χ1n) is 8.68. The first kappa shape index (κ1) is 13.2. The predicted octanol–water partition coefficient (Wildman–Crippen LogP) is 6.19. The molecule has 0 amide bonds. The van der Waals surface area contributed by atoms with Gasteiger partial charge >= 0.3 is 0 Å². The van der Waals surface area contributed by atoms with Crippen molar-refractivity contribution in [3.05, 3.63) is 59.7 Å². The van der Waals surface area contributed by atoms with Crippen LogP contribution in [0.15, 0.2) is 48.5 Å². The van der Waals surface area contributed by atoms with Crippen LogP contribution in [0.4, 0.5) is 0 Å². The normalized spacial score (nSPS) is 20.1. The molecule has 0 N–H and O–H groups in total. The van der Waals surface area contributed by atoms with Gasteiger partial charge in [0.2, 0.25) is 0 Å². The fraction of sp³-hybridized carbons (Fsp3) is 0.273. The average molecular weight is 299 g/mol. The summed E-state index contributed by atoms with van der Waals surface area (Å²) in [6.07, 6.45) is 0. The van der Waals surface area contributed by atoms with Gasteiger partial charge in [-0.05, 0) is 41.3 Å². The maximum absolute atomic E-state index is 2.48. The van der Waals surface area contributed by atoms with E-state index in [2.05, 4.69) is 73.9 Å². The molecule has 4 aromatic rings. The Morgan fingerprint density at radius 1 is 0.783 bits per heavy atom. The van der Waals surface area contributed by atoms with E-state index in [4.69, 9.17) is 0 Å². The molecule has 1 nitrogen and oxygen atoms in total. The van der Waals surface area contributed by atoms with Crippen LogP contribution >= 0.6 is 0 Å². The Hall–Kier alpha value is -2.28. The van der Waals surface area contributed by atoms with E-state index in [0.29, 0.717) is 11.8 Å². The first-order valence-corrected chi connectivity index (χ1v) is 8.68. The molecule has 5 rings (SSSR count). The highest BCUT2D eigenvalue weighted by atomic mass is 15.0. The third-order valence-corrected chi connectivity index (χ3v) is 6.01. The minimum atomic E-state index is 0.672. The summed E-state index contributed by atoms with van der Waals surface area (Å²) in [5.41, 5.74) is 5.87. The Kier molecular flexibility index (Phi) is 2.51. The Bertz CT molecular complexity index is 1080. The number of aryl methyl sites for hydroxylation is 1. The van der Waals surface area contributed by atoms with Gasteiger partial charge < -0.3 is 4.57 Å². The molecule has 1 aliphatic rings. The maximum Gasteiger partial charge on any atom is 0.0571 e.